The Kier molecular flexibility index (Phi) is 3.58. The van der Waals surface area contributed by atoms with E-state index in [2.05, 4.69) is 5.10 Å². The summed E-state index contributed by atoms with van der Waals surface area (Å²) in [6, 6.07) is 9.51. The smallest absolute Gasteiger partial charge is 0.151 e. The molecule has 3 aromatic rings. The summed E-state index contributed by atoms with van der Waals surface area (Å²) in [5.41, 5.74) is 1.07. The minimum Gasteiger partial charge on any atom is -0.733 e. The van der Waals surface area contributed by atoms with E-state index in [1.807, 2.05) is 0 Å². The molecule has 1 aromatic heterocycles. The predicted molar refractivity (Wildman–Crippen MR) is 76.5 cm³/mol. The highest BCUT2D eigenvalue weighted by Crippen LogP contribution is 2.30. The van der Waals surface area contributed by atoms with Crippen LogP contribution in [0.25, 0.3) is 16.8 Å². The van der Waals surface area contributed by atoms with Gasteiger partial charge in [-0.05, 0) is 18.2 Å². The van der Waals surface area contributed by atoms with Crippen molar-refractivity contribution < 1.29 is 14.0 Å². The molecule has 22 heavy (non-hydrogen) atoms. The van der Waals surface area contributed by atoms with Crippen molar-refractivity contribution in [3.8, 4) is 16.8 Å². The van der Waals surface area contributed by atoms with Crippen molar-refractivity contribution in [1.82, 2.24) is 9.78 Å². The van der Waals surface area contributed by atoms with Gasteiger partial charge in [-0.25, -0.2) is 13.5 Å². The van der Waals surface area contributed by atoms with E-state index in [-0.39, 0.29) is 16.6 Å². The molecule has 0 fully saturated rings. The summed E-state index contributed by atoms with van der Waals surface area (Å²) in [7, 11) is 0. The number of aromatic nitrogens is 2. The Bertz CT molecular complexity index is 818. The lowest BCUT2D eigenvalue weighted by molar-refractivity contribution is 0.297. The average Bonchev–Trinajstić information content (AvgIpc) is 2.96. The number of hydrogen-bond donors (Lipinski definition) is 1. The predicted octanol–water partition coefficient (Wildman–Crippen LogP) is 3.51. The van der Waals surface area contributed by atoms with Gasteiger partial charge in [0.05, 0.1) is 11.9 Å². The van der Waals surface area contributed by atoms with Gasteiger partial charge in [-0.2, -0.15) is 5.10 Å². The summed E-state index contributed by atoms with van der Waals surface area (Å²) in [5, 5.41) is 24.0. The topological polar surface area (TPSA) is 64.3 Å². The van der Waals surface area contributed by atoms with Crippen LogP contribution < -0.4 is 5.23 Å². The van der Waals surface area contributed by atoms with E-state index < -0.39 is 11.6 Å². The van der Waals surface area contributed by atoms with Gasteiger partial charge in [0.15, 0.2) is 5.82 Å². The van der Waals surface area contributed by atoms with Crippen LogP contribution in [0.3, 0.4) is 0 Å². The molecule has 0 saturated carbocycles. The minimum absolute atomic E-state index is 0.0432. The molecule has 0 unspecified atom stereocenters. The first-order chi connectivity index (χ1) is 10.6. The Morgan fingerprint density at radius 3 is 2.64 bits per heavy atom. The van der Waals surface area contributed by atoms with Crippen LogP contribution in [-0.4, -0.2) is 15.0 Å². The summed E-state index contributed by atoms with van der Waals surface area (Å²) >= 11 is 0. The maximum Gasteiger partial charge on any atom is 0.151 e. The zero-order chi connectivity index (χ0) is 15.7. The zero-order valence-electron chi connectivity index (χ0n) is 11.1. The van der Waals surface area contributed by atoms with Crippen molar-refractivity contribution in [2.75, 3.05) is 5.23 Å². The fourth-order valence-corrected chi connectivity index (χ4v) is 2.15. The highest BCUT2D eigenvalue weighted by molar-refractivity contribution is 5.77. The normalized spacial score (nSPS) is 10.7. The molecule has 0 aliphatic carbocycles. The van der Waals surface area contributed by atoms with Gasteiger partial charge in [0.25, 0.3) is 0 Å². The van der Waals surface area contributed by atoms with E-state index in [1.54, 1.807) is 18.2 Å². The van der Waals surface area contributed by atoms with Crippen LogP contribution in [0, 0.1) is 16.8 Å². The molecule has 0 aliphatic rings. The number of benzene rings is 2. The van der Waals surface area contributed by atoms with E-state index in [4.69, 9.17) is 5.21 Å². The second kappa shape index (κ2) is 5.55. The third kappa shape index (κ3) is 2.54. The SMILES string of the molecule is [O-]N(O)c1ccccc1-c1cnn(-c2ccc(F)cc2F)c1. The molecule has 0 spiro atoms. The molecule has 0 bridgehead atoms. The maximum atomic E-state index is 13.8. The first-order valence-corrected chi connectivity index (χ1v) is 6.32. The van der Waals surface area contributed by atoms with E-state index in [0.29, 0.717) is 11.1 Å². The Labute approximate surface area is 124 Å². The fraction of sp³-hybridized carbons (Fsp3) is 0. The lowest BCUT2D eigenvalue weighted by atomic mass is 10.1. The second-order valence-electron chi connectivity index (χ2n) is 4.56. The van der Waals surface area contributed by atoms with Crippen molar-refractivity contribution in [2.24, 2.45) is 0 Å². The van der Waals surface area contributed by atoms with Crippen molar-refractivity contribution in [3.05, 3.63) is 71.7 Å². The largest absolute Gasteiger partial charge is 0.733 e. The van der Waals surface area contributed by atoms with E-state index in [1.165, 1.54) is 29.2 Å². The molecule has 5 nitrogen and oxygen atoms in total. The summed E-state index contributed by atoms with van der Waals surface area (Å²) in [4.78, 5) is 0. The maximum absolute atomic E-state index is 13.8. The van der Waals surface area contributed by atoms with Gasteiger partial charge < -0.3 is 10.4 Å². The average molecular weight is 302 g/mol. The molecule has 1 heterocycles. The molecule has 7 heteroatoms. The van der Waals surface area contributed by atoms with Gasteiger partial charge in [0.1, 0.15) is 11.5 Å². The Morgan fingerprint density at radius 1 is 1.14 bits per heavy atom. The highest BCUT2D eigenvalue weighted by Gasteiger charge is 2.11. The van der Waals surface area contributed by atoms with Gasteiger partial charge in [-0.1, -0.05) is 18.2 Å². The van der Waals surface area contributed by atoms with Crippen LogP contribution >= 0.6 is 0 Å². The summed E-state index contributed by atoms with van der Waals surface area (Å²) in [6.45, 7) is 0. The molecule has 3 rings (SSSR count). The molecule has 0 aliphatic heterocycles. The van der Waals surface area contributed by atoms with Gasteiger partial charge >= 0.3 is 0 Å². The highest BCUT2D eigenvalue weighted by atomic mass is 19.1. The molecule has 0 amide bonds. The number of anilines is 1. The molecular weight excluding hydrogens is 292 g/mol. The van der Waals surface area contributed by atoms with Crippen molar-refractivity contribution in [1.29, 1.82) is 0 Å². The molecule has 2 aromatic carbocycles. The van der Waals surface area contributed by atoms with Crippen LogP contribution in [0.15, 0.2) is 54.9 Å². The van der Waals surface area contributed by atoms with Crippen LogP contribution in [0.1, 0.15) is 0 Å². The number of nitrogens with zero attached hydrogens (tertiary/aromatic N) is 3. The Balaban J connectivity index is 2.05. The first kappa shape index (κ1) is 14.2. The monoisotopic (exact) mass is 302 g/mol. The first-order valence-electron chi connectivity index (χ1n) is 6.32. The van der Waals surface area contributed by atoms with Crippen LogP contribution in [0.2, 0.25) is 0 Å². The van der Waals surface area contributed by atoms with Crippen LogP contribution in [0.5, 0.6) is 0 Å². The molecule has 0 atom stereocenters. The molecular formula is C15H10F2N3O2-. The number of hydrogen-bond acceptors (Lipinski definition) is 4. The van der Waals surface area contributed by atoms with Crippen molar-refractivity contribution in [3.63, 3.8) is 0 Å². The van der Waals surface area contributed by atoms with Crippen LogP contribution in [0.4, 0.5) is 14.5 Å². The third-order valence-corrected chi connectivity index (χ3v) is 3.16. The zero-order valence-corrected chi connectivity index (χ0v) is 11.1. The molecule has 1 N–H and O–H groups in total. The standard InChI is InChI=1S/C15H10F2N3O2/c16-11-5-6-15(13(17)7-11)19-9-10(8-18-19)12-3-1-2-4-14(12)20(21)22/h1-9,21H/q-1. The minimum atomic E-state index is -0.754. The molecule has 112 valence electrons. The lowest BCUT2D eigenvalue weighted by Crippen LogP contribution is -2.08. The third-order valence-electron chi connectivity index (χ3n) is 3.16. The number of rotatable bonds is 3. The molecule has 0 saturated heterocycles. The van der Waals surface area contributed by atoms with E-state index in [9.17, 15) is 14.0 Å². The quantitative estimate of drug-likeness (QED) is 0.752. The van der Waals surface area contributed by atoms with Gasteiger partial charge in [-0.3, -0.25) is 5.21 Å². The molecule has 0 radical (unpaired) electrons. The lowest BCUT2D eigenvalue weighted by Gasteiger charge is -2.24. The fourth-order valence-electron chi connectivity index (χ4n) is 2.15. The summed E-state index contributed by atoms with van der Waals surface area (Å²) < 4.78 is 27.9. The Morgan fingerprint density at radius 2 is 1.91 bits per heavy atom. The summed E-state index contributed by atoms with van der Waals surface area (Å²) in [6.07, 6.45) is 2.91. The van der Waals surface area contributed by atoms with Crippen LogP contribution in [-0.2, 0) is 0 Å². The summed E-state index contributed by atoms with van der Waals surface area (Å²) in [5.74, 6) is -1.43. The van der Waals surface area contributed by atoms with Gasteiger partial charge in [0, 0.05) is 23.4 Å². The number of para-hydroxylation sites is 1. The van der Waals surface area contributed by atoms with E-state index >= 15 is 0 Å². The van der Waals surface area contributed by atoms with Gasteiger partial charge in [-0.15, -0.1) is 0 Å². The van der Waals surface area contributed by atoms with Gasteiger partial charge in [0.2, 0.25) is 0 Å². The second-order valence-corrected chi connectivity index (χ2v) is 4.56. The van der Waals surface area contributed by atoms with E-state index in [0.717, 1.165) is 12.1 Å². The Hall–Kier alpha value is -2.77. The number of halogens is 2. The van der Waals surface area contributed by atoms with Crippen molar-refractivity contribution >= 4 is 5.69 Å². The van der Waals surface area contributed by atoms with Crippen molar-refractivity contribution in [2.45, 2.75) is 0 Å².